The second-order valence-electron chi connectivity index (χ2n) is 5.73. The number of unbranched alkanes of at least 4 members (excludes halogenated alkanes) is 5. The summed E-state index contributed by atoms with van der Waals surface area (Å²) in [6.45, 7) is 11.6. The topological polar surface area (TPSA) is 62.2 Å². The van der Waals surface area contributed by atoms with E-state index in [1.807, 2.05) is 0 Å². The first-order valence-electron chi connectivity index (χ1n) is 9.27. The van der Waals surface area contributed by atoms with Crippen molar-refractivity contribution in [1.82, 2.24) is 9.80 Å². The summed E-state index contributed by atoms with van der Waals surface area (Å²) in [5.41, 5.74) is 0. The van der Waals surface area contributed by atoms with E-state index < -0.39 is 7.82 Å². The molecule has 0 aliphatic carbocycles. The lowest BCUT2D eigenvalue weighted by Gasteiger charge is -2.19. The summed E-state index contributed by atoms with van der Waals surface area (Å²) in [4.78, 5) is 13.4. The Labute approximate surface area is 148 Å². The molecule has 144 valence electrons. The Morgan fingerprint density at radius 1 is 0.917 bits per heavy atom. The summed E-state index contributed by atoms with van der Waals surface area (Å²) >= 11 is 0. The van der Waals surface area contributed by atoms with Crippen molar-refractivity contribution in [3.8, 4) is 0 Å². The predicted molar refractivity (Wildman–Crippen MR) is 99.5 cm³/mol. The van der Waals surface area contributed by atoms with E-state index in [4.69, 9.17) is 4.89 Å². The molecule has 0 aromatic heterocycles. The van der Waals surface area contributed by atoms with Gasteiger partial charge in [0.2, 0.25) is 0 Å². The highest BCUT2D eigenvalue weighted by Crippen LogP contribution is 2.42. The molecule has 0 radical (unpaired) electrons. The zero-order valence-corrected chi connectivity index (χ0v) is 16.8. The third-order valence-corrected chi connectivity index (χ3v) is 4.81. The summed E-state index contributed by atoms with van der Waals surface area (Å²) in [6, 6.07) is 0. The summed E-state index contributed by atoms with van der Waals surface area (Å²) in [5.74, 6) is 0. The van der Waals surface area contributed by atoms with Gasteiger partial charge < -0.3 is 14.7 Å². The van der Waals surface area contributed by atoms with Crippen molar-refractivity contribution in [1.29, 1.82) is 0 Å². The van der Waals surface area contributed by atoms with Crippen LogP contribution in [0.1, 0.15) is 66.2 Å². The van der Waals surface area contributed by atoms with Gasteiger partial charge in [0, 0.05) is 25.5 Å². The van der Waals surface area contributed by atoms with Gasteiger partial charge in [0.15, 0.2) is 0 Å². The van der Waals surface area contributed by atoms with Crippen molar-refractivity contribution in [3.63, 3.8) is 0 Å². The van der Waals surface area contributed by atoms with Crippen LogP contribution in [-0.2, 0) is 13.6 Å². The molecule has 7 heteroatoms. The molecule has 24 heavy (non-hydrogen) atoms. The minimum Gasteiger partial charge on any atom is -0.359 e. The van der Waals surface area contributed by atoms with Gasteiger partial charge in [0.25, 0.3) is 0 Å². The van der Waals surface area contributed by atoms with Crippen LogP contribution in [-0.4, -0.2) is 47.7 Å². The average molecular weight is 364 g/mol. The van der Waals surface area contributed by atoms with Gasteiger partial charge in [-0.1, -0.05) is 39.0 Å². The second kappa shape index (κ2) is 14.8. The van der Waals surface area contributed by atoms with Crippen molar-refractivity contribution >= 4 is 7.82 Å². The second-order valence-corrected chi connectivity index (χ2v) is 7.18. The molecule has 1 heterocycles. The van der Waals surface area contributed by atoms with E-state index in [-0.39, 0.29) is 13.2 Å². The van der Waals surface area contributed by atoms with Crippen LogP contribution in [0.25, 0.3) is 0 Å². The van der Waals surface area contributed by atoms with Gasteiger partial charge in [-0.05, 0) is 27.2 Å². The van der Waals surface area contributed by atoms with Crippen molar-refractivity contribution in [2.45, 2.75) is 66.2 Å². The van der Waals surface area contributed by atoms with Gasteiger partial charge in [-0.3, -0.25) is 9.05 Å². The Morgan fingerprint density at radius 2 is 1.46 bits per heavy atom. The molecule has 6 nitrogen and oxygen atoms in total. The fourth-order valence-corrected chi connectivity index (χ4v) is 3.05. The van der Waals surface area contributed by atoms with Crippen LogP contribution in [0.2, 0.25) is 0 Å². The van der Waals surface area contributed by atoms with Crippen LogP contribution in [0.3, 0.4) is 0 Å². The molecule has 0 bridgehead atoms. The monoisotopic (exact) mass is 364 g/mol. The first kappa shape index (κ1) is 23.4. The van der Waals surface area contributed by atoms with Crippen molar-refractivity contribution < 1.29 is 18.5 Å². The van der Waals surface area contributed by atoms with Crippen LogP contribution in [0, 0.1) is 0 Å². The lowest BCUT2D eigenvalue weighted by Crippen LogP contribution is -2.25. The molecule has 1 aliphatic rings. The van der Waals surface area contributed by atoms with Gasteiger partial charge in [0.1, 0.15) is 0 Å². The summed E-state index contributed by atoms with van der Waals surface area (Å²) in [7, 11) is -3.69. The number of rotatable bonds is 12. The van der Waals surface area contributed by atoms with Crippen LogP contribution in [0.15, 0.2) is 12.4 Å². The third kappa shape index (κ3) is 12.8. The molecule has 0 aromatic carbocycles. The summed E-state index contributed by atoms with van der Waals surface area (Å²) in [5, 5.41) is 0. The summed E-state index contributed by atoms with van der Waals surface area (Å²) in [6.07, 6.45) is 12.8. The quantitative estimate of drug-likeness (QED) is 0.404. The highest BCUT2D eigenvalue weighted by atomic mass is 31.2. The maximum atomic E-state index is 10.5. The van der Waals surface area contributed by atoms with E-state index in [0.29, 0.717) is 0 Å². The van der Waals surface area contributed by atoms with Crippen LogP contribution >= 0.6 is 7.82 Å². The first-order valence-corrected chi connectivity index (χ1v) is 10.8. The van der Waals surface area contributed by atoms with Gasteiger partial charge in [-0.2, -0.15) is 0 Å². The van der Waals surface area contributed by atoms with Crippen molar-refractivity contribution in [2.75, 3.05) is 33.0 Å². The molecular weight excluding hydrogens is 327 g/mol. The Morgan fingerprint density at radius 3 is 1.96 bits per heavy atom. The Bertz CT molecular complexity index is 356. The van der Waals surface area contributed by atoms with Crippen LogP contribution in [0.5, 0.6) is 0 Å². The van der Waals surface area contributed by atoms with E-state index in [1.54, 1.807) is 13.8 Å². The van der Waals surface area contributed by atoms with E-state index in [9.17, 15) is 4.57 Å². The highest BCUT2D eigenvalue weighted by Gasteiger charge is 2.17. The molecule has 0 aromatic rings. The first-order chi connectivity index (χ1) is 11.5. The van der Waals surface area contributed by atoms with Crippen LogP contribution < -0.4 is 0 Å². The minimum absolute atomic E-state index is 0.188. The largest absolute Gasteiger partial charge is 0.472 e. The molecule has 0 saturated carbocycles. The molecule has 0 spiro atoms. The number of nitrogens with zero attached hydrogens (tertiary/aromatic N) is 2. The summed E-state index contributed by atoms with van der Waals surface area (Å²) < 4.78 is 19.2. The molecule has 1 rings (SSSR count). The third-order valence-electron chi connectivity index (χ3n) is 3.64. The number of hydrogen-bond donors (Lipinski definition) is 1. The molecule has 0 saturated heterocycles. The zero-order chi connectivity index (χ0) is 18.3. The van der Waals surface area contributed by atoms with E-state index in [1.165, 1.54) is 45.1 Å². The molecule has 1 N–H and O–H groups in total. The van der Waals surface area contributed by atoms with Gasteiger partial charge in [0.05, 0.1) is 19.9 Å². The Hall–Kier alpha value is -0.550. The predicted octanol–water partition coefficient (Wildman–Crippen LogP) is 4.57. The Balaban J connectivity index is 0.000000506. The molecule has 0 atom stereocenters. The SMILES string of the molecule is CCCCCCCCN1C=CN(CC)C1.CCOP(=O)(O)OCC. The van der Waals surface area contributed by atoms with Gasteiger partial charge in [-0.25, -0.2) is 4.57 Å². The maximum Gasteiger partial charge on any atom is 0.472 e. The number of hydrogen-bond acceptors (Lipinski definition) is 5. The Kier molecular flexibility index (Phi) is 14.4. The minimum atomic E-state index is -3.69. The average Bonchev–Trinajstić information content (AvgIpc) is 2.99. The maximum absolute atomic E-state index is 10.5. The molecular formula is C17H37N2O4P. The highest BCUT2D eigenvalue weighted by molar-refractivity contribution is 7.47. The standard InChI is InChI=1S/C13H26N2.C4H11O4P/c1-3-5-6-7-8-9-10-15-12-11-14(4-2)13-15;1-3-7-9(5,6)8-4-2/h11-12H,3-10,13H2,1-2H3;3-4H2,1-2H3,(H,5,6). The lowest BCUT2D eigenvalue weighted by molar-refractivity contribution is 0.161. The van der Waals surface area contributed by atoms with Crippen molar-refractivity contribution in [3.05, 3.63) is 12.4 Å². The van der Waals surface area contributed by atoms with E-state index in [0.717, 1.165) is 13.2 Å². The van der Waals surface area contributed by atoms with Crippen molar-refractivity contribution in [2.24, 2.45) is 0 Å². The fraction of sp³-hybridized carbons (Fsp3) is 0.882. The molecule has 0 unspecified atom stereocenters. The molecule has 1 aliphatic heterocycles. The molecule has 0 fully saturated rings. The smallest absolute Gasteiger partial charge is 0.359 e. The van der Waals surface area contributed by atoms with E-state index in [2.05, 4.69) is 45.1 Å². The fourth-order valence-electron chi connectivity index (χ4n) is 2.33. The van der Waals surface area contributed by atoms with Gasteiger partial charge >= 0.3 is 7.82 Å². The molecule has 0 amide bonds. The van der Waals surface area contributed by atoms with Gasteiger partial charge in [-0.15, -0.1) is 0 Å². The lowest BCUT2D eigenvalue weighted by atomic mass is 10.1. The normalized spacial score (nSPS) is 14.0. The number of phosphoric ester groups is 1. The number of phosphoric acid groups is 1. The zero-order valence-electron chi connectivity index (χ0n) is 15.9. The van der Waals surface area contributed by atoms with Crippen LogP contribution in [0.4, 0.5) is 0 Å². The van der Waals surface area contributed by atoms with E-state index >= 15 is 0 Å².